The number of hydrogen-bond donors (Lipinski definition) is 1. The average molecular weight is 405 g/mol. The number of anilines is 3. The summed E-state index contributed by atoms with van der Waals surface area (Å²) in [4.78, 5) is 25.0. The predicted molar refractivity (Wildman–Crippen MR) is 119 cm³/mol. The second-order valence-corrected chi connectivity index (χ2v) is 8.30. The summed E-state index contributed by atoms with van der Waals surface area (Å²) in [6, 6.07) is 11.0. The molecule has 3 heterocycles. The van der Waals surface area contributed by atoms with Gasteiger partial charge in [0, 0.05) is 68.3 Å². The van der Waals surface area contributed by atoms with Gasteiger partial charge in [0.1, 0.15) is 5.65 Å². The van der Waals surface area contributed by atoms with Crippen LogP contribution in [0.4, 0.5) is 17.3 Å². The maximum atomic E-state index is 11.5. The number of nitrogens with one attached hydrogen (secondary N) is 1. The molecule has 2 aliphatic rings. The third-order valence-corrected chi connectivity index (χ3v) is 6.39. The largest absolute Gasteiger partial charge is 0.368 e. The highest BCUT2D eigenvalue weighted by Crippen LogP contribution is 2.32. The van der Waals surface area contributed by atoms with Gasteiger partial charge in [-0.05, 0) is 43.2 Å². The van der Waals surface area contributed by atoms with Crippen LogP contribution in [0.3, 0.4) is 0 Å². The Kier molecular flexibility index (Phi) is 5.02. The van der Waals surface area contributed by atoms with Crippen molar-refractivity contribution >= 4 is 34.3 Å². The fourth-order valence-electron chi connectivity index (χ4n) is 4.64. The smallest absolute Gasteiger partial charge is 0.229 e. The minimum Gasteiger partial charge on any atom is -0.368 e. The summed E-state index contributed by atoms with van der Waals surface area (Å²) in [5, 5.41) is 4.44. The molecule has 1 saturated carbocycles. The van der Waals surface area contributed by atoms with Crippen LogP contribution in [0.2, 0.25) is 0 Å². The number of benzene rings is 1. The molecule has 0 atom stereocenters. The molecule has 156 valence electrons. The second-order valence-electron chi connectivity index (χ2n) is 8.30. The van der Waals surface area contributed by atoms with Gasteiger partial charge in [-0.1, -0.05) is 12.8 Å². The van der Waals surface area contributed by atoms with Crippen LogP contribution >= 0.6 is 0 Å². The molecule has 0 unspecified atom stereocenters. The summed E-state index contributed by atoms with van der Waals surface area (Å²) in [6.07, 6.45) is 9.13. The van der Waals surface area contributed by atoms with Crippen LogP contribution in [0, 0.1) is 0 Å². The zero-order valence-corrected chi connectivity index (χ0v) is 17.4. The summed E-state index contributed by atoms with van der Waals surface area (Å²) in [5.74, 6) is 0.786. The molecule has 0 spiro atoms. The van der Waals surface area contributed by atoms with Crippen molar-refractivity contribution in [2.45, 2.75) is 38.6 Å². The lowest BCUT2D eigenvalue weighted by molar-refractivity contribution is -0.129. The highest BCUT2D eigenvalue weighted by Gasteiger charge is 2.20. The van der Waals surface area contributed by atoms with Crippen LogP contribution in [-0.2, 0) is 4.79 Å². The molecule has 7 heteroatoms. The minimum absolute atomic E-state index is 0.158. The van der Waals surface area contributed by atoms with Crippen molar-refractivity contribution in [2.24, 2.45) is 0 Å². The van der Waals surface area contributed by atoms with Crippen molar-refractivity contribution in [3.05, 3.63) is 42.7 Å². The van der Waals surface area contributed by atoms with E-state index in [0.29, 0.717) is 12.0 Å². The molecule has 3 aromatic rings. The van der Waals surface area contributed by atoms with Gasteiger partial charge in [-0.15, -0.1) is 0 Å². The Morgan fingerprint density at radius 3 is 2.47 bits per heavy atom. The number of carbonyl (C=O) groups excluding carboxylic acids is 1. The van der Waals surface area contributed by atoms with E-state index in [0.717, 1.165) is 42.9 Å². The lowest BCUT2D eigenvalue weighted by atomic mass is 10.2. The molecule has 1 aliphatic heterocycles. The van der Waals surface area contributed by atoms with Gasteiger partial charge < -0.3 is 19.7 Å². The highest BCUT2D eigenvalue weighted by atomic mass is 16.2. The molecule has 1 aliphatic carbocycles. The van der Waals surface area contributed by atoms with Crippen molar-refractivity contribution in [1.82, 2.24) is 19.4 Å². The molecular weight excluding hydrogens is 376 g/mol. The summed E-state index contributed by atoms with van der Waals surface area (Å²) in [6.45, 7) is 4.93. The number of fused-ring (bicyclic) bond motifs is 1. The molecule has 1 aromatic carbocycles. The quantitative estimate of drug-likeness (QED) is 0.713. The Hall–Kier alpha value is -3.09. The molecule has 2 aromatic heterocycles. The Bertz CT molecular complexity index is 1030. The van der Waals surface area contributed by atoms with Crippen molar-refractivity contribution in [2.75, 3.05) is 36.4 Å². The van der Waals surface area contributed by atoms with Gasteiger partial charge in [-0.25, -0.2) is 4.98 Å². The fraction of sp³-hybridized carbons (Fsp3) is 0.435. The van der Waals surface area contributed by atoms with Gasteiger partial charge in [-0.3, -0.25) is 4.79 Å². The Morgan fingerprint density at radius 2 is 1.77 bits per heavy atom. The minimum atomic E-state index is 0.158. The van der Waals surface area contributed by atoms with E-state index in [1.54, 1.807) is 6.92 Å². The molecule has 0 bridgehead atoms. The van der Waals surface area contributed by atoms with E-state index in [1.165, 1.54) is 31.4 Å². The van der Waals surface area contributed by atoms with E-state index in [-0.39, 0.29) is 5.91 Å². The van der Waals surface area contributed by atoms with Gasteiger partial charge in [0.2, 0.25) is 11.9 Å². The maximum absolute atomic E-state index is 11.5. The molecule has 1 saturated heterocycles. The first-order chi connectivity index (χ1) is 14.7. The van der Waals surface area contributed by atoms with E-state index in [9.17, 15) is 4.79 Å². The molecule has 1 N–H and O–H groups in total. The fourth-order valence-corrected chi connectivity index (χ4v) is 4.64. The Labute approximate surface area is 176 Å². The zero-order valence-electron chi connectivity index (χ0n) is 17.4. The van der Waals surface area contributed by atoms with Crippen LogP contribution < -0.4 is 10.2 Å². The van der Waals surface area contributed by atoms with E-state index in [4.69, 9.17) is 4.98 Å². The summed E-state index contributed by atoms with van der Waals surface area (Å²) >= 11 is 0. The first kappa shape index (κ1) is 18.9. The molecule has 2 fully saturated rings. The molecule has 7 nitrogen and oxygen atoms in total. The van der Waals surface area contributed by atoms with Gasteiger partial charge in [0.25, 0.3) is 0 Å². The summed E-state index contributed by atoms with van der Waals surface area (Å²) < 4.78 is 2.32. The SMILES string of the molecule is CC(=O)N1CCN(c2ccc(Nc3ncc4ccn(C5CCCC5)c4n3)cc2)CC1. The summed E-state index contributed by atoms with van der Waals surface area (Å²) in [7, 11) is 0. The number of hydrogen-bond acceptors (Lipinski definition) is 5. The highest BCUT2D eigenvalue weighted by molar-refractivity contribution is 5.77. The zero-order chi connectivity index (χ0) is 20.5. The maximum Gasteiger partial charge on any atom is 0.229 e. The second kappa shape index (κ2) is 7.97. The molecular formula is C23H28N6O. The normalized spacial score (nSPS) is 17.6. The Morgan fingerprint density at radius 1 is 1.03 bits per heavy atom. The summed E-state index contributed by atoms with van der Waals surface area (Å²) in [5.41, 5.74) is 3.16. The van der Waals surface area contributed by atoms with Crippen LogP contribution in [0.25, 0.3) is 11.0 Å². The predicted octanol–water partition coefficient (Wildman–Crippen LogP) is 3.96. The van der Waals surface area contributed by atoms with E-state index >= 15 is 0 Å². The third-order valence-electron chi connectivity index (χ3n) is 6.39. The van der Waals surface area contributed by atoms with Gasteiger partial charge in [-0.2, -0.15) is 4.98 Å². The third kappa shape index (κ3) is 3.72. The Balaban J connectivity index is 1.28. The van der Waals surface area contributed by atoms with Crippen LogP contribution in [0.5, 0.6) is 0 Å². The number of piperazine rings is 1. The lowest BCUT2D eigenvalue weighted by Gasteiger charge is -2.35. The molecule has 30 heavy (non-hydrogen) atoms. The van der Waals surface area contributed by atoms with Gasteiger partial charge in [0.15, 0.2) is 0 Å². The lowest BCUT2D eigenvalue weighted by Crippen LogP contribution is -2.48. The van der Waals surface area contributed by atoms with Crippen molar-refractivity contribution in [1.29, 1.82) is 0 Å². The van der Waals surface area contributed by atoms with Gasteiger partial charge in [0.05, 0.1) is 0 Å². The van der Waals surface area contributed by atoms with Crippen LogP contribution in [-0.4, -0.2) is 51.5 Å². The average Bonchev–Trinajstić information content (AvgIpc) is 3.44. The van der Waals surface area contributed by atoms with E-state index in [1.807, 2.05) is 11.1 Å². The van der Waals surface area contributed by atoms with Crippen LogP contribution in [0.15, 0.2) is 42.7 Å². The van der Waals surface area contributed by atoms with E-state index in [2.05, 4.69) is 56.3 Å². The number of rotatable bonds is 4. The number of carbonyl (C=O) groups is 1. The number of aromatic nitrogens is 3. The monoisotopic (exact) mass is 404 g/mol. The first-order valence-corrected chi connectivity index (χ1v) is 10.9. The van der Waals surface area contributed by atoms with E-state index < -0.39 is 0 Å². The molecule has 5 rings (SSSR count). The molecule has 1 amide bonds. The standard InChI is InChI=1S/C23H28N6O/c1-17(30)27-12-14-28(15-13-27)20-8-6-19(7-9-20)25-23-24-16-18-10-11-29(22(18)26-23)21-4-2-3-5-21/h6-11,16,21H,2-5,12-15H2,1H3,(H,24,25,26). The van der Waals surface area contributed by atoms with Gasteiger partial charge >= 0.3 is 0 Å². The van der Waals surface area contributed by atoms with Crippen molar-refractivity contribution in [3.63, 3.8) is 0 Å². The first-order valence-electron chi connectivity index (χ1n) is 10.9. The van der Waals surface area contributed by atoms with Crippen LogP contribution in [0.1, 0.15) is 38.6 Å². The number of amides is 1. The topological polar surface area (TPSA) is 66.3 Å². The number of nitrogens with zero attached hydrogens (tertiary/aromatic N) is 5. The molecule has 0 radical (unpaired) electrons. The van der Waals surface area contributed by atoms with Crippen molar-refractivity contribution < 1.29 is 4.79 Å². The van der Waals surface area contributed by atoms with Crippen molar-refractivity contribution in [3.8, 4) is 0 Å².